The zero-order valence-corrected chi connectivity index (χ0v) is 13.4. The van der Waals surface area contributed by atoms with E-state index in [4.69, 9.17) is 34.8 Å². The van der Waals surface area contributed by atoms with Gasteiger partial charge in [0.2, 0.25) is 0 Å². The van der Waals surface area contributed by atoms with E-state index in [1.807, 2.05) is 0 Å². The van der Waals surface area contributed by atoms with Crippen molar-refractivity contribution in [1.82, 2.24) is 0 Å². The van der Waals surface area contributed by atoms with E-state index in [1.165, 1.54) is 24.3 Å². The monoisotopic (exact) mass is 366 g/mol. The molecule has 0 bridgehead atoms. The van der Waals surface area contributed by atoms with Crippen molar-refractivity contribution in [1.29, 1.82) is 0 Å². The number of halogens is 3. The number of alkyl halides is 2. The molecule has 0 unspecified atom stereocenters. The van der Waals surface area contributed by atoms with Gasteiger partial charge in [0.15, 0.2) is 4.33 Å². The summed E-state index contributed by atoms with van der Waals surface area (Å²) in [6, 6.07) is 9.80. The highest BCUT2D eigenvalue weighted by Gasteiger charge is 2.38. The number of hydrogen-bond donors (Lipinski definition) is 2. The molecule has 0 radical (unpaired) electrons. The second-order valence-corrected chi connectivity index (χ2v) is 7.30. The van der Waals surface area contributed by atoms with Crippen LogP contribution in [-0.4, -0.2) is 18.1 Å². The maximum absolute atomic E-state index is 11.5. The van der Waals surface area contributed by atoms with Crippen LogP contribution >= 0.6 is 34.8 Å². The predicted molar refractivity (Wildman–Crippen MR) is 81.9 cm³/mol. The summed E-state index contributed by atoms with van der Waals surface area (Å²) in [7, 11) is -4.63. The minimum Gasteiger partial charge on any atom is -0.507 e. The fourth-order valence-electron chi connectivity index (χ4n) is 1.90. The molecule has 0 aliphatic carbocycles. The van der Waals surface area contributed by atoms with Gasteiger partial charge >= 0.3 is 0 Å². The van der Waals surface area contributed by atoms with E-state index in [-0.39, 0.29) is 16.1 Å². The molecule has 0 amide bonds. The Morgan fingerprint density at radius 3 is 2.19 bits per heavy atom. The van der Waals surface area contributed by atoms with Crippen LogP contribution in [0.4, 0.5) is 0 Å². The predicted octanol–water partition coefficient (Wildman–Crippen LogP) is 3.97. The van der Waals surface area contributed by atoms with Gasteiger partial charge < -0.3 is 5.11 Å². The van der Waals surface area contributed by atoms with Gasteiger partial charge in [0.05, 0.1) is 5.56 Å². The summed E-state index contributed by atoms with van der Waals surface area (Å²) < 4.78 is 30.2. The third-order valence-corrected chi connectivity index (χ3v) is 4.82. The van der Waals surface area contributed by atoms with Crippen molar-refractivity contribution in [3.8, 4) is 5.75 Å². The van der Waals surface area contributed by atoms with Crippen LogP contribution in [0.1, 0.15) is 11.1 Å². The number of phenols is 1. The summed E-state index contributed by atoms with van der Waals surface area (Å²) >= 11 is 18.5. The maximum atomic E-state index is 11.5. The van der Waals surface area contributed by atoms with E-state index in [0.717, 1.165) is 6.07 Å². The van der Waals surface area contributed by atoms with Gasteiger partial charge in [0.25, 0.3) is 10.1 Å². The lowest BCUT2D eigenvalue weighted by Gasteiger charge is -2.24. The van der Waals surface area contributed by atoms with Gasteiger partial charge in [-0.15, -0.1) is 0 Å². The van der Waals surface area contributed by atoms with Crippen molar-refractivity contribution in [2.24, 2.45) is 0 Å². The van der Waals surface area contributed by atoms with Crippen LogP contribution in [0, 0.1) is 0 Å². The molecule has 21 heavy (non-hydrogen) atoms. The molecule has 0 saturated heterocycles. The molecule has 4 nitrogen and oxygen atoms in total. The molecule has 0 aliphatic rings. The topological polar surface area (TPSA) is 74.6 Å². The SMILES string of the molecule is O=S(=O)(O)c1cccc(O)c1C(Cl)(Cl)c1ccccc1Cl. The first-order valence-corrected chi connectivity index (χ1v) is 8.16. The Morgan fingerprint density at radius 1 is 1.00 bits per heavy atom. The van der Waals surface area contributed by atoms with Crippen LogP contribution in [0.3, 0.4) is 0 Å². The van der Waals surface area contributed by atoms with Crippen molar-refractivity contribution in [2.75, 3.05) is 0 Å². The maximum Gasteiger partial charge on any atom is 0.295 e. The minimum atomic E-state index is -4.63. The molecule has 8 heteroatoms. The van der Waals surface area contributed by atoms with Gasteiger partial charge in [0.1, 0.15) is 10.6 Å². The molecule has 0 atom stereocenters. The van der Waals surface area contributed by atoms with Crippen molar-refractivity contribution >= 4 is 44.9 Å². The van der Waals surface area contributed by atoms with Crippen molar-refractivity contribution < 1.29 is 18.1 Å². The number of rotatable bonds is 3. The number of hydrogen-bond acceptors (Lipinski definition) is 3. The Labute approximate surface area is 136 Å². The Balaban J connectivity index is 2.80. The van der Waals surface area contributed by atoms with E-state index in [2.05, 4.69) is 0 Å². The van der Waals surface area contributed by atoms with Crippen molar-refractivity contribution in [3.05, 3.63) is 58.6 Å². The molecule has 0 aromatic heterocycles. The molecule has 2 N–H and O–H groups in total. The molecular weight excluding hydrogens is 359 g/mol. The Morgan fingerprint density at radius 2 is 1.62 bits per heavy atom. The lowest BCUT2D eigenvalue weighted by molar-refractivity contribution is 0.457. The van der Waals surface area contributed by atoms with Crippen molar-refractivity contribution in [3.63, 3.8) is 0 Å². The van der Waals surface area contributed by atoms with Gasteiger partial charge in [-0.25, -0.2) is 0 Å². The Kier molecular flexibility index (Phi) is 4.42. The zero-order chi connectivity index (χ0) is 15.8. The Bertz CT molecular complexity index is 788. The second-order valence-electron chi connectivity index (χ2n) is 4.18. The summed E-state index contributed by atoms with van der Waals surface area (Å²) in [5.74, 6) is -0.477. The minimum absolute atomic E-state index is 0.182. The lowest BCUT2D eigenvalue weighted by Crippen LogP contribution is -2.18. The van der Waals surface area contributed by atoms with E-state index in [9.17, 15) is 18.1 Å². The first kappa shape index (κ1) is 16.4. The molecular formula is C13H9Cl3O4S. The molecule has 0 saturated carbocycles. The fraction of sp³-hybridized carbons (Fsp3) is 0.0769. The fourth-order valence-corrected chi connectivity index (χ4v) is 3.88. The Hall–Kier alpha value is -0.980. The van der Waals surface area contributed by atoms with Gasteiger partial charge in [-0.05, 0) is 18.2 Å². The second kappa shape index (κ2) is 5.66. The molecule has 0 aliphatic heterocycles. The first-order valence-electron chi connectivity index (χ1n) is 5.58. The summed E-state index contributed by atoms with van der Waals surface area (Å²) in [5.41, 5.74) is -0.176. The third-order valence-electron chi connectivity index (χ3n) is 2.81. The standard InChI is InChI=1S/C13H9Cl3O4S/c14-9-5-2-1-4-8(9)13(15,16)12-10(17)6-3-7-11(12)21(18,19)20/h1-7,17H,(H,18,19,20). The highest BCUT2D eigenvalue weighted by atomic mass is 35.5. The first-order chi connectivity index (χ1) is 9.65. The van der Waals surface area contributed by atoms with E-state index in [1.54, 1.807) is 12.1 Å². The smallest absolute Gasteiger partial charge is 0.295 e. The molecule has 2 rings (SSSR count). The summed E-state index contributed by atoms with van der Waals surface area (Å²) in [4.78, 5) is -0.590. The number of aromatic hydroxyl groups is 1. The lowest BCUT2D eigenvalue weighted by atomic mass is 10.0. The molecule has 2 aromatic rings. The highest BCUT2D eigenvalue weighted by molar-refractivity contribution is 7.85. The van der Waals surface area contributed by atoms with Crippen LogP contribution in [0.2, 0.25) is 5.02 Å². The van der Waals surface area contributed by atoms with Crippen LogP contribution in [-0.2, 0) is 14.5 Å². The average molecular weight is 368 g/mol. The van der Waals surface area contributed by atoms with Crippen molar-refractivity contribution in [2.45, 2.75) is 9.23 Å². The highest BCUT2D eigenvalue weighted by Crippen LogP contribution is 2.49. The van der Waals surface area contributed by atoms with Crippen LogP contribution in [0.15, 0.2) is 47.4 Å². The number of phenolic OH excluding ortho intramolecular Hbond substituents is 1. The number of benzene rings is 2. The average Bonchev–Trinajstić information content (AvgIpc) is 2.37. The summed E-state index contributed by atoms with van der Waals surface area (Å²) in [6.07, 6.45) is 0. The van der Waals surface area contributed by atoms with Crippen LogP contribution < -0.4 is 0 Å². The summed E-state index contributed by atoms with van der Waals surface area (Å²) in [6.45, 7) is 0. The largest absolute Gasteiger partial charge is 0.507 e. The normalized spacial score (nSPS) is 12.4. The van der Waals surface area contributed by atoms with Crippen LogP contribution in [0.25, 0.3) is 0 Å². The molecule has 112 valence electrons. The van der Waals surface area contributed by atoms with Gasteiger partial charge in [-0.2, -0.15) is 8.42 Å². The molecule has 0 fully saturated rings. The van der Waals surface area contributed by atoms with E-state index < -0.39 is 25.1 Å². The van der Waals surface area contributed by atoms with Gasteiger partial charge in [-0.1, -0.05) is 59.1 Å². The quantitative estimate of drug-likeness (QED) is 0.636. The molecule has 0 heterocycles. The summed E-state index contributed by atoms with van der Waals surface area (Å²) in [5, 5.41) is 10.1. The molecule has 0 spiro atoms. The van der Waals surface area contributed by atoms with Gasteiger partial charge in [-0.3, -0.25) is 4.55 Å². The van der Waals surface area contributed by atoms with Crippen LogP contribution in [0.5, 0.6) is 5.75 Å². The third kappa shape index (κ3) is 3.12. The zero-order valence-electron chi connectivity index (χ0n) is 10.3. The van der Waals surface area contributed by atoms with E-state index >= 15 is 0 Å². The molecule has 2 aromatic carbocycles. The van der Waals surface area contributed by atoms with E-state index in [0.29, 0.717) is 0 Å². The van der Waals surface area contributed by atoms with Gasteiger partial charge in [0, 0.05) is 10.6 Å².